The van der Waals surface area contributed by atoms with Gasteiger partial charge in [0.25, 0.3) is 0 Å². The summed E-state index contributed by atoms with van der Waals surface area (Å²) in [7, 11) is 9.99. The molecule has 0 atom stereocenters. The van der Waals surface area contributed by atoms with Crippen LogP contribution in [0.25, 0.3) is 0 Å². The third-order valence-corrected chi connectivity index (χ3v) is 3.04. The first kappa shape index (κ1) is 16.5. The molecule has 0 spiro atoms. The van der Waals surface area contributed by atoms with Crippen molar-refractivity contribution in [1.29, 1.82) is 0 Å². The van der Waals surface area contributed by atoms with Crippen LogP contribution in [0.2, 0.25) is 0 Å². The Morgan fingerprint density at radius 2 is 1.75 bits per heavy atom. The molecule has 1 aromatic heterocycles. The average Bonchev–Trinajstić information content (AvgIpc) is 2.37. The number of pyridine rings is 1. The molecule has 0 aliphatic rings. The van der Waals surface area contributed by atoms with E-state index in [1.165, 1.54) is 0 Å². The summed E-state index contributed by atoms with van der Waals surface area (Å²) in [5, 5.41) is 0. The van der Waals surface area contributed by atoms with Gasteiger partial charge in [0, 0.05) is 40.4 Å². The highest BCUT2D eigenvalue weighted by atomic mass is 16.5. The van der Waals surface area contributed by atoms with Crippen molar-refractivity contribution in [3.8, 4) is 0 Å². The fourth-order valence-electron chi connectivity index (χ4n) is 1.80. The third-order valence-electron chi connectivity index (χ3n) is 3.04. The Balaban J connectivity index is 2.51. The van der Waals surface area contributed by atoms with E-state index in [1.807, 2.05) is 51.1 Å². The fourth-order valence-corrected chi connectivity index (χ4v) is 1.80. The molecule has 6 heteroatoms. The van der Waals surface area contributed by atoms with E-state index in [9.17, 15) is 0 Å². The van der Waals surface area contributed by atoms with Crippen LogP contribution < -0.4 is 15.5 Å². The molecule has 0 aromatic carbocycles. The van der Waals surface area contributed by atoms with Crippen LogP contribution in [0.4, 0.5) is 17.2 Å². The van der Waals surface area contributed by atoms with Crippen molar-refractivity contribution in [3.05, 3.63) is 12.3 Å². The van der Waals surface area contributed by atoms with Crippen molar-refractivity contribution in [2.75, 3.05) is 77.1 Å². The van der Waals surface area contributed by atoms with E-state index < -0.39 is 0 Å². The summed E-state index contributed by atoms with van der Waals surface area (Å²) in [4.78, 5) is 10.5. The Morgan fingerprint density at radius 1 is 1.10 bits per heavy atom. The number of hydrogen-bond donors (Lipinski definition) is 1. The standard InChI is InChI=1S/C14H27N5O/c1-17(2)8-10-20-11-9-19(5)14-13(15)12(18(3)4)6-7-16-14/h6-7H,8-11,15H2,1-5H3. The molecular formula is C14H27N5O. The zero-order chi connectivity index (χ0) is 15.1. The summed E-state index contributed by atoms with van der Waals surface area (Å²) in [5.74, 6) is 0.799. The summed E-state index contributed by atoms with van der Waals surface area (Å²) >= 11 is 0. The molecule has 1 heterocycles. The number of anilines is 3. The van der Waals surface area contributed by atoms with Gasteiger partial charge in [-0.2, -0.15) is 0 Å². The predicted octanol–water partition coefficient (Wildman–Crippen LogP) is 0.744. The lowest BCUT2D eigenvalue weighted by Crippen LogP contribution is -2.26. The van der Waals surface area contributed by atoms with Crippen molar-refractivity contribution in [2.24, 2.45) is 0 Å². The molecule has 0 saturated heterocycles. The highest BCUT2D eigenvalue weighted by Gasteiger charge is 2.11. The number of nitrogens with two attached hydrogens (primary N) is 1. The molecule has 0 aliphatic carbocycles. The lowest BCUT2D eigenvalue weighted by atomic mass is 10.3. The van der Waals surface area contributed by atoms with E-state index in [-0.39, 0.29) is 0 Å². The summed E-state index contributed by atoms with van der Waals surface area (Å²) in [6.07, 6.45) is 1.78. The van der Waals surface area contributed by atoms with Crippen LogP contribution in [0.15, 0.2) is 12.3 Å². The predicted molar refractivity (Wildman–Crippen MR) is 85.6 cm³/mol. The maximum atomic E-state index is 6.16. The van der Waals surface area contributed by atoms with Crippen molar-refractivity contribution < 1.29 is 4.74 Å². The number of rotatable bonds is 8. The van der Waals surface area contributed by atoms with Crippen LogP contribution in [0, 0.1) is 0 Å². The van der Waals surface area contributed by atoms with E-state index in [2.05, 4.69) is 9.88 Å². The Labute approximate surface area is 122 Å². The van der Waals surface area contributed by atoms with Crippen molar-refractivity contribution in [2.45, 2.75) is 0 Å². The van der Waals surface area contributed by atoms with Crippen molar-refractivity contribution in [1.82, 2.24) is 9.88 Å². The molecule has 1 aromatic rings. The molecule has 20 heavy (non-hydrogen) atoms. The van der Waals surface area contributed by atoms with E-state index in [0.29, 0.717) is 12.3 Å². The lowest BCUT2D eigenvalue weighted by Gasteiger charge is -2.23. The first-order valence-corrected chi connectivity index (χ1v) is 6.79. The van der Waals surface area contributed by atoms with E-state index >= 15 is 0 Å². The second-order valence-corrected chi connectivity index (χ2v) is 5.30. The van der Waals surface area contributed by atoms with Gasteiger partial charge in [-0.05, 0) is 20.2 Å². The van der Waals surface area contributed by atoms with Crippen LogP contribution in [-0.4, -0.2) is 71.4 Å². The van der Waals surface area contributed by atoms with Gasteiger partial charge in [0.2, 0.25) is 0 Å². The molecule has 0 unspecified atom stereocenters. The van der Waals surface area contributed by atoms with Gasteiger partial charge >= 0.3 is 0 Å². The van der Waals surface area contributed by atoms with Crippen molar-refractivity contribution in [3.63, 3.8) is 0 Å². The highest BCUT2D eigenvalue weighted by molar-refractivity contribution is 5.78. The molecule has 0 fully saturated rings. The van der Waals surface area contributed by atoms with Crippen LogP contribution in [0.5, 0.6) is 0 Å². The lowest BCUT2D eigenvalue weighted by molar-refractivity contribution is 0.123. The zero-order valence-corrected chi connectivity index (χ0v) is 13.3. The minimum Gasteiger partial charge on any atom is -0.394 e. The van der Waals surface area contributed by atoms with Gasteiger partial charge in [0.1, 0.15) is 0 Å². The van der Waals surface area contributed by atoms with E-state index in [4.69, 9.17) is 10.5 Å². The highest BCUT2D eigenvalue weighted by Crippen LogP contribution is 2.28. The smallest absolute Gasteiger partial charge is 0.153 e. The Kier molecular flexibility index (Phi) is 6.54. The SMILES string of the molecule is CN(C)CCOCCN(C)c1nccc(N(C)C)c1N. The topological polar surface area (TPSA) is 57.9 Å². The monoisotopic (exact) mass is 281 g/mol. The van der Waals surface area contributed by atoms with Crippen molar-refractivity contribution >= 4 is 17.2 Å². The maximum Gasteiger partial charge on any atom is 0.153 e. The molecule has 0 saturated carbocycles. The number of likely N-dealkylation sites (N-methyl/N-ethyl adjacent to an activating group) is 2. The molecule has 0 bridgehead atoms. The molecule has 1 rings (SSSR count). The molecule has 114 valence electrons. The quantitative estimate of drug-likeness (QED) is 0.710. The Morgan fingerprint density at radius 3 is 2.35 bits per heavy atom. The molecule has 0 radical (unpaired) electrons. The first-order chi connectivity index (χ1) is 9.43. The van der Waals surface area contributed by atoms with Gasteiger partial charge in [0.05, 0.1) is 24.6 Å². The number of ether oxygens (including phenoxy) is 1. The number of aromatic nitrogens is 1. The van der Waals surface area contributed by atoms with Crippen LogP contribution in [-0.2, 0) is 4.74 Å². The van der Waals surface area contributed by atoms with Gasteiger partial charge in [-0.3, -0.25) is 0 Å². The number of nitrogens with zero attached hydrogens (tertiary/aromatic N) is 4. The second kappa shape index (κ2) is 7.91. The molecule has 2 N–H and O–H groups in total. The summed E-state index contributed by atoms with van der Waals surface area (Å²) in [6.45, 7) is 3.10. The maximum absolute atomic E-state index is 6.16. The normalized spacial score (nSPS) is 10.9. The van der Waals surface area contributed by atoms with Crippen LogP contribution in [0.3, 0.4) is 0 Å². The molecular weight excluding hydrogens is 254 g/mol. The second-order valence-electron chi connectivity index (χ2n) is 5.30. The Hall–Kier alpha value is -1.53. The first-order valence-electron chi connectivity index (χ1n) is 6.79. The summed E-state index contributed by atoms with van der Waals surface area (Å²) in [5.41, 5.74) is 7.85. The molecule has 0 amide bonds. The number of hydrogen-bond acceptors (Lipinski definition) is 6. The minimum atomic E-state index is 0.664. The third kappa shape index (κ3) is 4.86. The largest absolute Gasteiger partial charge is 0.394 e. The van der Waals surface area contributed by atoms with Crippen LogP contribution in [0.1, 0.15) is 0 Å². The minimum absolute atomic E-state index is 0.664. The zero-order valence-electron chi connectivity index (χ0n) is 13.3. The van der Waals surface area contributed by atoms with Gasteiger partial charge in [-0.1, -0.05) is 0 Å². The molecule has 6 nitrogen and oxygen atoms in total. The molecule has 0 aliphatic heterocycles. The van der Waals surface area contributed by atoms with Gasteiger partial charge in [-0.15, -0.1) is 0 Å². The van der Waals surface area contributed by atoms with Gasteiger partial charge in [-0.25, -0.2) is 4.98 Å². The van der Waals surface area contributed by atoms with Crippen LogP contribution >= 0.6 is 0 Å². The van der Waals surface area contributed by atoms with E-state index in [0.717, 1.165) is 31.2 Å². The van der Waals surface area contributed by atoms with E-state index in [1.54, 1.807) is 6.20 Å². The fraction of sp³-hybridized carbons (Fsp3) is 0.643. The van der Waals surface area contributed by atoms with Gasteiger partial charge in [0.15, 0.2) is 5.82 Å². The summed E-state index contributed by atoms with van der Waals surface area (Å²) < 4.78 is 5.59. The summed E-state index contributed by atoms with van der Waals surface area (Å²) in [6, 6.07) is 1.92. The average molecular weight is 281 g/mol. The van der Waals surface area contributed by atoms with Gasteiger partial charge < -0.3 is 25.2 Å². The number of nitrogen functional groups attached to an aromatic ring is 1. The Bertz CT molecular complexity index is 409.